The molecule has 0 atom stereocenters. The van der Waals surface area contributed by atoms with Gasteiger partial charge in [-0.3, -0.25) is 4.79 Å². The van der Waals surface area contributed by atoms with Gasteiger partial charge >= 0.3 is 0 Å². The summed E-state index contributed by atoms with van der Waals surface area (Å²) in [6.45, 7) is 0.0975. The van der Waals surface area contributed by atoms with Gasteiger partial charge in [-0.15, -0.1) is 0 Å². The van der Waals surface area contributed by atoms with Crippen LogP contribution in [0, 0.1) is 11.3 Å². The Kier molecular flexibility index (Phi) is 4.43. The molecule has 0 unspecified atom stereocenters. The molecule has 0 saturated heterocycles. The number of aromatic hydroxyl groups is 1. The fourth-order valence-corrected chi connectivity index (χ4v) is 2.72. The quantitative estimate of drug-likeness (QED) is 0.870. The SMILES string of the molecule is N#CCN(C(=O)c1ccc(Br)c(O)c1)C1CCCC1. The summed E-state index contributed by atoms with van der Waals surface area (Å²) in [4.78, 5) is 14.1. The molecule has 100 valence electrons. The van der Waals surface area contributed by atoms with Crippen LogP contribution >= 0.6 is 15.9 Å². The number of benzene rings is 1. The summed E-state index contributed by atoms with van der Waals surface area (Å²) in [5.74, 6) is -0.148. The highest BCUT2D eigenvalue weighted by atomic mass is 79.9. The maximum atomic E-state index is 12.4. The van der Waals surface area contributed by atoms with Gasteiger partial charge in [0.05, 0.1) is 10.5 Å². The predicted octanol–water partition coefficient (Wildman–Crippen LogP) is 3.06. The number of halogens is 1. The van der Waals surface area contributed by atoms with Crippen LogP contribution in [0.4, 0.5) is 0 Å². The lowest BCUT2D eigenvalue weighted by Crippen LogP contribution is -2.39. The first-order valence-electron chi connectivity index (χ1n) is 6.30. The maximum Gasteiger partial charge on any atom is 0.255 e. The van der Waals surface area contributed by atoms with Crippen molar-refractivity contribution >= 4 is 21.8 Å². The molecule has 19 heavy (non-hydrogen) atoms. The van der Waals surface area contributed by atoms with Crippen LogP contribution in [0.15, 0.2) is 22.7 Å². The maximum absolute atomic E-state index is 12.4. The summed E-state index contributed by atoms with van der Waals surface area (Å²) in [6.07, 6.45) is 4.11. The van der Waals surface area contributed by atoms with Crippen LogP contribution < -0.4 is 0 Å². The number of phenols is 1. The fourth-order valence-electron chi connectivity index (χ4n) is 2.47. The van der Waals surface area contributed by atoms with Crippen molar-refractivity contribution in [2.24, 2.45) is 0 Å². The van der Waals surface area contributed by atoms with Crippen LogP contribution in [-0.4, -0.2) is 28.5 Å². The van der Waals surface area contributed by atoms with Crippen molar-refractivity contribution in [3.05, 3.63) is 28.2 Å². The third kappa shape index (κ3) is 3.07. The topological polar surface area (TPSA) is 64.3 Å². The van der Waals surface area contributed by atoms with Gasteiger partial charge in [-0.05, 0) is 47.0 Å². The number of amides is 1. The number of hydrogen-bond acceptors (Lipinski definition) is 3. The minimum atomic E-state index is -0.184. The molecule has 5 heteroatoms. The van der Waals surface area contributed by atoms with E-state index in [0.717, 1.165) is 25.7 Å². The number of hydrogen-bond donors (Lipinski definition) is 1. The molecule has 0 heterocycles. The number of nitrogens with zero attached hydrogens (tertiary/aromatic N) is 2. The molecule has 1 amide bonds. The van der Waals surface area contributed by atoms with E-state index < -0.39 is 0 Å². The second-order valence-corrected chi connectivity index (χ2v) is 5.55. The van der Waals surface area contributed by atoms with Gasteiger partial charge in [-0.1, -0.05) is 12.8 Å². The lowest BCUT2D eigenvalue weighted by Gasteiger charge is -2.26. The summed E-state index contributed by atoms with van der Waals surface area (Å²) in [5.41, 5.74) is 0.419. The molecule has 0 radical (unpaired) electrons. The van der Waals surface area contributed by atoms with Crippen molar-refractivity contribution in [3.8, 4) is 11.8 Å². The second-order valence-electron chi connectivity index (χ2n) is 4.70. The smallest absolute Gasteiger partial charge is 0.255 e. The predicted molar refractivity (Wildman–Crippen MR) is 74.7 cm³/mol. The molecule has 0 aliphatic heterocycles. The summed E-state index contributed by atoms with van der Waals surface area (Å²) < 4.78 is 0.553. The molecule has 2 rings (SSSR count). The van der Waals surface area contributed by atoms with E-state index in [1.807, 2.05) is 0 Å². The Morgan fingerprint density at radius 3 is 2.74 bits per heavy atom. The Morgan fingerprint density at radius 1 is 1.47 bits per heavy atom. The van der Waals surface area contributed by atoms with Gasteiger partial charge in [0.2, 0.25) is 0 Å². The molecule has 1 aliphatic carbocycles. The van der Waals surface area contributed by atoms with Gasteiger partial charge in [0.1, 0.15) is 12.3 Å². The highest BCUT2D eigenvalue weighted by molar-refractivity contribution is 9.10. The Morgan fingerprint density at radius 2 is 2.16 bits per heavy atom. The van der Waals surface area contributed by atoms with E-state index >= 15 is 0 Å². The molecular formula is C14H15BrN2O2. The van der Waals surface area contributed by atoms with Gasteiger partial charge in [-0.2, -0.15) is 5.26 Å². The summed E-state index contributed by atoms with van der Waals surface area (Å²) in [7, 11) is 0. The zero-order valence-corrected chi connectivity index (χ0v) is 12.1. The van der Waals surface area contributed by atoms with Crippen LogP contribution in [0.1, 0.15) is 36.0 Å². The summed E-state index contributed by atoms with van der Waals surface area (Å²) in [6, 6.07) is 6.94. The molecule has 1 aliphatic rings. The first-order valence-corrected chi connectivity index (χ1v) is 7.09. The van der Waals surface area contributed by atoms with Crippen LogP contribution in [0.2, 0.25) is 0 Å². The van der Waals surface area contributed by atoms with E-state index in [4.69, 9.17) is 5.26 Å². The molecule has 1 N–H and O–H groups in total. The zero-order valence-electron chi connectivity index (χ0n) is 10.5. The van der Waals surface area contributed by atoms with Gasteiger partial charge in [0.25, 0.3) is 5.91 Å². The Labute approximate surface area is 120 Å². The number of carbonyl (C=O) groups is 1. The van der Waals surface area contributed by atoms with Gasteiger partial charge in [0, 0.05) is 11.6 Å². The average molecular weight is 323 g/mol. The van der Waals surface area contributed by atoms with E-state index in [1.165, 1.54) is 6.07 Å². The molecule has 0 bridgehead atoms. The molecule has 1 aromatic carbocycles. The second kappa shape index (κ2) is 6.07. The van der Waals surface area contributed by atoms with Crippen LogP contribution in [0.3, 0.4) is 0 Å². The minimum Gasteiger partial charge on any atom is -0.507 e. The normalized spacial score (nSPS) is 15.2. The van der Waals surface area contributed by atoms with E-state index in [2.05, 4.69) is 22.0 Å². The standard InChI is InChI=1S/C14H15BrN2O2/c15-12-6-5-10(9-13(12)18)14(19)17(8-7-16)11-3-1-2-4-11/h5-6,9,11,18H,1-4,8H2. The average Bonchev–Trinajstić information content (AvgIpc) is 2.92. The third-order valence-electron chi connectivity index (χ3n) is 3.46. The molecule has 1 fully saturated rings. The molecule has 0 spiro atoms. The highest BCUT2D eigenvalue weighted by Crippen LogP contribution is 2.28. The Balaban J connectivity index is 2.23. The molecule has 1 aromatic rings. The lowest BCUT2D eigenvalue weighted by atomic mass is 10.1. The monoisotopic (exact) mass is 322 g/mol. The van der Waals surface area contributed by atoms with E-state index in [0.29, 0.717) is 10.0 Å². The molecule has 0 aromatic heterocycles. The molecule has 4 nitrogen and oxygen atoms in total. The van der Waals surface area contributed by atoms with Crippen molar-refractivity contribution in [3.63, 3.8) is 0 Å². The van der Waals surface area contributed by atoms with Crippen molar-refractivity contribution < 1.29 is 9.90 Å². The van der Waals surface area contributed by atoms with Crippen molar-refractivity contribution in [2.45, 2.75) is 31.7 Å². The van der Waals surface area contributed by atoms with Gasteiger partial charge in [-0.25, -0.2) is 0 Å². The third-order valence-corrected chi connectivity index (χ3v) is 4.13. The van der Waals surface area contributed by atoms with Crippen LogP contribution in [0.25, 0.3) is 0 Å². The van der Waals surface area contributed by atoms with Gasteiger partial charge in [0.15, 0.2) is 0 Å². The first kappa shape index (κ1) is 13.9. The van der Waals surface area contributed by atoms with Crippen LogP contribution in [0.5, 0.6) is 5.75 Å². The fraction of sp³-hybridized carbons (Fsp3) is 0.429. The van der Waals surface area contributed by atoms with E-state index in [9.17, 15) is 9.90 Å². The number of nitriles is 1. The summed E-state index contributed by atoms with van der Waals surface area (Å²) >= 11 is 3.19. The number of phenolic OH excluding ortho intramolecular Hbond substituents is 1. The Bertz CT molecular complexity index is 519. The molecular weight excluding hydrogens is 308 g/mol. The lowest BCUT2D eigenvalue weighted by molar-refractivity contribution is 0.0709. The number of rotatable bonds is 3. The van der Waals surface area contributed by atoms with Crippen molar-refractivity contribution in [2.75, 3.05) is 6.54 Å². The Hall–Kier alpha value is -1.54. The highest BCUT2D eigenvalue weighted by Gasteiger charge is 2.27. The minimum absolute atomic E-state index is 0.0363. The zero-order chi connectivity index (χ0) is 13.8. The van der Waals surface area contributed by atoms with E-state index in [1.54, 1.807) is 17.0 Å². The van der Waals surface area contributed by atoms with Crippen molar-refractivity contribution in [1.29, 1.82) is 5.26 Å². The first-order chi connectivity index (χ1) is 9.13. The molecule has 1 saturated carbocycles. The van der Waals surface area contributed by atoms with Crippen LogP contribution in [-0.2, 0) is 0 Å². The summed E-state index contributed by atoms with van der Waals surface area (Å²) in [5, 5.41) is 18.5. The van der Waals surface area contributed by atoms with E-state index in [-0.39, 0.29) is 24.2 Å². The van der Waals surface area contributed by atoms with Crippen molar-refractivity contribution in [1.82, 2.24) is 4.90 Å². The largest absolute Gasteiger partial charge is 0.507 e. The number of carbonyl (C=O) groups excluding carboxylic acids is 1. The van der Waals surface area contributed by atoms with Gasteiger partial charge < -0.3 is 10.0 Å².